The van der Waals surface area contributed by atoms with Gasteiger partial charge in [0.15, 0.2) is 0 Å². The summed E-state index contributed by atoms with van der Waals surface area (Å²) in [5.41, 5.74) is 1.46. The summed E-state index contributed by atoms with van der Waals surface area (Å²) in [6.45, 7) is 2.14. The lowest BCUT2D eigenvalue weighted by Gasteiger charge is -2.25. The Labute approximate surface area is 116 Å². The highest BCUT2D eigenvalue weighted by molar-refractivity contribution is 5.83. The Morgan fingerprint density at radius 1 is 1.50 bits per heavy atom. The van der Waals surface area contributed by atoms with Crippen LogP contribution in [0, 0.1) is 0 Å². The Hall–Kier alpha value is -2.24. The van der Waals surface area contributed by atoms with E-state index in [0.717, 1.165) is 12.0 Å². The maximum atomic E-state index is 11.4. The predicted octanol–water partition coefficient (Wildman–Crippen LogP) is 2.42. The van der Waals surface area contributed by atoms with Crippen molar-refractivity contribution in [2.45, 2.75) is 32.3 Å². The van der Waals surface area contributed by atoms with Gasteiger partial charge in [-0.2, -0.15) is 0 Å². The van der Waals surface area contributed by atoms with Crippen LogP contribution >= 0.6 is 0 Å². The molecule has 1 aliphatic rings. The fourth-order valence-corrected chi connectivity index (χ4v) is 2.20. The van der Waals surface area contributed by atoms with E-state index in [1.54, 1.807) is 25.1 Å². The van der Waals surface area contributed by atoms with Gasteiger partial charge in [0.05, 0.1) is 13.0 Å². The molecule has 20 heavy (non-hydrogen) atoms. The van der Waals surface area contributed by atoms with E-state index in [9.17, 15) is 9.59 Å². The Bertz CT molecular complexity index is 514. The van der Waals surface area contributed by atoms with Gasteiger partial charge in [-0.25, -0.2) is 4.79 Å². The first kappa shape index (κ1) is 14.2. The molecule has 108 valence electrons. The van der Waals surface area contributed by atoms with E-state index in [1.165, 1.54) is 0 Å². The van der Waals surface area contributed by atoms with Gasteiger partial charge in [0.2, 0.25) is 0 Å². The van der Waals surface area contributed by atoms with Crippen molar-refractivity contribution in [2.24, 2.45) is 0 Å². The number of anilines is 1. The molecule has 1 aromatic carbocycles. The number of rotatable bonds is 4. The summed E-state index contributed by atoms with van der Waals surface area (Å²) in [7, 11) is 0. The van der Waals surface area contributed by atoms with Gasteiger partial charge >= 0.3 is 12.1 Å². The minimum absolute atomic E-state index is 0.181. The highest BCUT2D eigenvalue weighted by Crippen LogP contribution is 2.31. The molecule has 0 fully saturated rings. The van der Waals surface area contributed by atoms with Crippen LogP contribution in [0.1, 0.15) is 25.3 Å². The third-order valence-electron chi connectivity index (χ3n) is 3.04. The molecule has 0 aliphatic carbocycles. The van der Waals surface area contributed by atoms with Gasteiger partial charge < -0.3 is 14.6 Å². The van der Waals surface area contributed by atoms with Crippen LogP contribution in [0.3, 0.4) is 0 Å². The topological polar surface area (TPSA) is 84.9 Å². The Morgan fingerprint density at radius 3 is 3.00 bits per heavy atom. The van der Waals surface area contributed by atoms with E-state index < -0.39 is 6.09 Å². The summed E-state index contributed by atoms with van der Waals surface area (Å²) in [6, 6.07) is 5.11. The average molecular weight is 279 g/mol. The Kier molecular flexibility index (Phi) is 4.45. The zero-order valence-corrected chi connectivity index (χ0v) is 11.2. The summed E-state index contributed by atoms with van der Waals surface area (Å²) in [5, 5.41) is 11.0. The van der Waals surface area contributed by atoms with Gasteiger partial charge in [-0.15, -0.1) is 0 Å². The highest BCUT2D eigenvalue weighted by atomic mass is 16.5. The van der Waals surface area contributed by atoms with Crippen LogP contribution in [0.4, 0.5) is 10.5 Å². The fourth-order valence-electron chi connectivity index (χ4n) is 2.20. The number of carbonyl (C=O) groups excluding carboxylic acids is 1. The molecular formula is C14H17NO5. The van der Waals surface area contributed by atoms with Crippen molar-refractivity contribution in [1.82, 2.24) is 0 Å². The van der Waals surface area contributed by atoms with E-state index in [4.69, 9.17) is 14.6 Å². The van der Waals surface area contributed by atoms with Crippen molar-refractivity contribution in [2.75, 3.05) is 11.9 Å². The third kappa shape index (κ3) is 3.63. The molecule has 1 heterocycles. The van der Waals surface area contributed by atoms with Crippen LogP contribution in [0.15, 0.2) is 18.2 Å². The number of amides is 1. The number of carbonyl (C=O) groups is 2. The number of ether oxygens (including phenoxy) is 2. The Balaban J connectivity index is 2.00. The van der Waals surface area contributed by atoms with Crippen LogP contribution in [-0.4, -0.2) is 29.9 Å². The summed E-state index contributed by atoms with van der Waals surface area (Å²) in [4.78, 5) is 22.0. The number of carboxylic acid groups (broad SMARTS) is 1. The van der Waals surface area contributed by atoms with E-state index in [2.05, 4.69) is 5.32 Å². The van der Waals surface area contributed by atoms with E-state index in [0.29, 0.717) is 24.5 Å². The van der Waals surface area contributed by atoms with Crippen molar-refractivity contribution in [1.29, 1.82) is 0 Å². The van der Waals surface area contributed by atoms with Crippen molar-refractivity contribution in [3.05, 3.63) is 23.8 Å². The number of esters is 1. The van der Waals surface area contributed by atoms with Crippen molar-refractivity contribution in [3.8, 4) is 5.75 Å². The molecule has 1 amide bonds. The molecule has 0 spiro atoms. The predicted molar refractivity (Wildman–Crippen MR) is 72.1 cm³/mol. The molecule has 1 aromatic rings. The molecule has 1 atom stereocenters. The van der Waals surface area contributed by atoms with Gasteiger partial charge in [-0.05, 0) is 43.5 Å². The number of benzene rings is 1. The number of nitrogens with one attached hydrogen (secondary N) is 1. The van der Waals surface area contributed by atoms with Crippen LogP contribution in [-0.2, 0) is 16.0 Å². The monoisotopic (exact) mass is 279 g/mol. The van der Waals surface area contributed by atoms with Crippen LogP contribution in [0.25, 0.3) is 0 Å². The van der Waals surface area contributed by atoms with E-state index in [-0.39, 0.29) is 18.5 Å². The lowest BCUT2D eigenvalue weighted by molar-refractivity contribution is -0.145. The van der Waals surface area contributed by atoms with Crippen LogP contribution in [0.2, 0.25) is 0 Å². The molecule has 1 aliphatic heterocycles. The molecule has 0 radical (unpaired) electrons. The third-order valence-corrected chi connectivity index (χ3v) is 3.04. The quantitative estimate of drug-likeness (QED) is 0.827. The number of fused-ring (bicyclic) bond motifs is 1. The van der Waals surface area contributed by atoms with Gasteiger partial charge in [0.25, 0.3) is 0 Å². The van der Waals surface area contributed by atoms with Crippen molar-refractivity contribution >= 4 is 17.7 Å². The van der Waals surface area contributed by atoms with Crippen LogP contribution < -0.4 is 10.1 Å². The van der Waals surface area contributed by atoms with Crippen molar-refractivity contribution < 1.29 is 24.2 Å². The van der Waals surface area contributed by atoms with Gasteiger partial charge in [0, 0.05) is 5.69 Å². The van der Waals surface area contributed by atoms with E-state index in [1.807, 2.05) is 0 Å². The number of hydrogen-bond acceptors (Lipinski definition) is 4. The summed E-state index contributed by atoms with van der Waals surface area (Å²) in [5.74, 6) is 0.437. The second-order valence-electron chi connectivity index (χ2n) is 4.54. The molecule has 1 unspecified atom stereocenters. The molecule has 2 N–H and O–H groups in total. The molecule has 0 saturated heterocycles. The molecule has 0 saturated carbocycles. The summed E-state index contributed by atoms with van der Waals surface area (Å²) < 4.78 is 10.6. The minimum Gasteiger partial charge on any atom is -0.490 e. The van der Waals surface area contributed by atoms with E-state index >= 15 is 0 Å². The zero-order chi connectivity index (χ0) is 14.5. The molecule has 2 rings (SSSR count). The second kappa shape index (κ2) is 6.27. The first-order chi connectivity index (χ1) is 9.58. The zero-order valence-electron chi connectivity index (χ0n) is 11.2. The smallest absolute Gasteiger partial charge is 0.409 e. The minimum atomic E-state index is -1.10. The molecular weight excluding hydrogens is 262 g/mol. The summed E-state index contributed by atoms with van der Waals surface area (Å²) in [6.07, 6.45) is 0.418. The lowest BCUT2D eigenvalue weighted by Crippen LogP contribution is -2.26. The highest BCUT2D eigenvalue weighted by Gasteiger charge is 2.23. The van der Waals surface area contributed by atoms with Gasteiger partial charge in [-0.3, -0.25) is 10.1 Å². The number of aryl methyl sites for hydroxylation is 1. The molecule has 0 aromatic heterocycles. The molecule has 6 heteroatoms. The second-order valence-corrected chi connectivity index (χ2v) is 4.54. The first-order valence-electron chi connectivity index (χ1n) is 6.53. The first-order valence-corrected chi connectivity index (χ1v) is 6.53. The van der Waals surface area contributed by atoms with Crippen molar-refractivity contribution in [3.63, 3.8) is 0 Å². The Morgan fingerprint density at radius 2 is 2.30 bits per heavy atom. The maximum absolute atomic E-state index is 11.4. The maximum Gasteiger partial charge on any atom is 0.409 e. The lowest BCUT2D eigenvalue weighted by atomic mass is 10.00. The molecule has 0 bridgehead atoms. The molecule has 6 nitrogen and oxygen atoms in total. The van der Waals surface area contributed by atoms with Gasteiger partial charge in [0.1, 0.15) is 11.9 Å². The van der Waals surface area contributed by atoms with Crippen LogP contribution in [0.5, 0.6) is 5.75 Å². The normalized spacial score (nSPS) is 16.8. The number of hydrogen-bond donors (Lipinski definition) is 2. The average Bonchev–Trinajstić information content (AvgIpc) is 2.38. The fraction of sp³-hybridized carbons (Fsp3) is 0.429. The van der Waals surface area contributed by atoms with Gasteiger partial charge in [-0.1, -0.05) is 0 Å². The SMILES string of the molecule is CCOC(=O)CC1CCc2cc(NC(=O)O)ccc2O1. The standard InChI is InChI=1S/C14H17NO5/c1-2-19-13(16)8-11-5-3-9-7-10(15-14(17)18)4-6-12(9)20-11/h4,6-7,11,15H,2-3,5,8H2,1H3,(H,17,18). The summed E-state index contributed by atoms with van der Waals surface area (Å²) >= 11 is 0. The largest absolute Gasteiger partial charge is 0.490 e.